The number of carbonyl (C=O) groups excluding carboxylic acids is 1. The number of carbonyl (C=O) groups is 1. The Morgan fingerprint density at radius 3 is 2.27 bits per heavy atom. The van der Waals surface area contributed by atoms with E-state index in [9.17, 15) is 4.79 Å². The second-order valence-electron chi connectivity index (χ2n) is 2.96. The minimum atomic E-state index is -1.61. The lowest BCUT2D eigenvalue weighted by atomic mass is 10.2. The standard InChI is InChI=1S/C10H9Cl3O2/c1-7(10(11,12)13)15-9(14)8-5-3-2-4-6-8/h2-7H,1H3/t7-/m0/s1. The average molecular weight is 268 g/mol. The van der Waals surface area contributed by atoms with Crippen LogP contribution in [0.4, 0.5) is 0 Å². The number of halogens is 3. The largest absolute Gasteiger partial charge is 0.455 e. The van der Waals surface area contributed by atoms with Gasteiger partial charge in [-0.1, -0.05) is 53.0 Å². The second kappa shape index (κ2) is 5.06. The average Bonchev–Trinajstić information content (AvgIpc) is 2.17. The van der Waals surface area contributed by atoms with Crippen LogP contribution < -0.4 is 0 Å². The summed E-state index contributed by atoms with van der Waals surface area (Å²) in [5.74, 6) is -0.505. The smallest absolute Gasteiger partial charge is 0.338 e. The number of ether oxygens (including phenoxy) is 1. The van der Waals surface area contributed by atoms with Crippen molar-refractivity contribution in [2.45, 2.75) is 16.8 Å². The van der Waals surface area contributed by atoms with E-state index in [-0.39, 0.29) is 0 Å². The van der Waals surface area contributed by atoms with Gasteiger partial charge in [0.25, 0.3) is 0 Å². The van der Waals surface area contributed by atoms with Gasteiger partial charge in [-0.25, -0.2) is 4.79 Å². The van der Waals surface area contributed by atoms with Crippen LogP contribution in [0.3, 0.4) is 0 Å². The van der Waals surface area contributed by atoms with Crippen molar-refractivity contribution in [2.24, 2.45) is 0 Å². The molecule has 15 heavy (non-hydrogen) atoms. The monoisotopic (exact) mass is 266 g/mol. The van der Waals surface area contributed by atoms with Gasteiger partial charge in [0.15, 0.2) is 0 Å². The van der Waals surface area contributed by atoms with Crippen LogP contribution in [0.1, 0.15) is 17.3 Å². The van der Waals surface area contributed by atoms with E-state index >= 15 is 0 Å². The first-order valence-electron chi connectivity index (χ1n) is 4.24. The van der Waals surface area contributed by atoms with Gasteiger partial charge in [0, 0.05) is 0 Å². The van der Waals surface area contributed by atoms with Crippen LogP contribution in [-0.4, -0.2) is 15.9 Å². The van der Waals surface area contributed by atoms with Crippen molar-refractivity contribution in [3.63, 3.8) is 0 Å². The van der Waals surface area contributed by atoms with Gasteiger partial charge in [0.05, 0.1) is 5.56 Å². The molecule has 0 aliphatic carbocycles. The topological polar surface area (TPSA) is 26.3 Å². The maximum absolute atomic E-state index is 11.5. The molecule has 0 aliphatic heterocycles. The van der Waals surface area contributed by atoms with Crippen LogP contribution in [0.5, 0.6) is 0 Å². The van der Waals surface area contributed by atoms with Crippen molar-refractivity contribution in [2.75, 3.05) is 0 Å². The van der Waals surface area contributed by atoms with E-state index in [0.717, 1.165) is 0 Å². The van der Waals surface area contributed by atoms with Crippen LogP contribution in [0, 0.1) is 0 Å². The molecule has 1 atom stereocenters. The van der Waals surface area contributed by atoms with Crippen LogP contribution in [-0.2, 0) is 4.74 Å². The second-order valence-corrected chi connectivity index (χ2v) is 5.32. The molecule has 1 aromatic rings. The molecule has 0 saturated carbocycles. The zero-order valence-electron chi connectivity index (χ0n) is 7.91. The molecule has 0 amide bonds. The van der Waals surface area contributed by atoms with Gasteiger partial charge in [-0.2, -0.15) is 0 Å². The lowest BCUT2D eigenvalue weighted by Crippen LogP contribution is -2.28. The third-order valence-corrected chi connectivity index (χ3v) is 2.68. The maximum atomic E-state index is 11.5. The number of alkyl halides is 3. The molecular formula is C10H9Cl3O2. The molecule has 0 bridgehead atoms. The summed E-state index contributed by atoms with van der Waals surface area (Å²) < 4.78 is 3.36. The van der Waals surface area contributed by atoms with Gasteiger partial charge in [-0.15, -0.1) is 0 Å². The highest BCUT2D eigenvalue weighted by molar-refractivity contribution is 6.68. The normalized spacial score (nSPS) is 13.3. The number of hydrogen-bond acceptors (Lipinski definition) is 2. The van der Waals surface area contributed by atoms with E-state index in [4.69, 9.17) is 39.5 Å². The first kappa shape index (κ1) is 12.6. The Kier molecular flexibility index (Phi) is 4.26. The Labute approximate surface area is 103 Å². The Balaban J connectivity index is 2.65. The molecule has 0 N–H and O–H groups in total. The van der Waals surface area contributed by atoms with Gasteiger partial charge in [-0.05, 0) is 19.1 Å². The van der Waals surface area contributed by atoms with Crippen molar-refractivity contribution in [3.05, 3.63) is 35.9 Å². The molecule has 0 saturated heterocycles. The number of esters is 1. The lowest BCUT2D eigenvalue weighted by molar-refractivity contribution is 0.0349. The van der Waals surface area contributed by atoms with Gasteiger partial charge >= 0.3 is 5.97 Å². The highest BCUT2D eigenvalue weighted by atomic mass is 35.6. The predicted molar refractivity (Wildman–Crippen MR) is 61.6 cm³/mol. The Bertz CT molecular complexity index is 332. The Morgan fingerprint density at radius 2 is 1.80 bits per heavy atom. The van der Waals surface area contributed by atoms with Crippen molar-refractivity contribution in [1.29, 1.82) is 0 Å². The van der Waals surface area contributed by atoms with Gasteiger partial charge in [0.1, 0.15) is 6.10 Å². The van der Waals surface area contributed by atoms with E-state index in [1.54, 1.807) is 30.3 Å². The highest BCUT2D eigenvalue weighted by Crippen LogP contribution is 2.32. The summed E-state index contributed by atoms with van der Waals surface area (Å²) in [6.07, 6.45) is -0.796. The summed E-state index contributed by atoms with van der Waals surface area (Å²) in [5.41, 5.74) is 0.429. The van der Waals surface area contributed by atoms with E-state index in [1.165, 1.54) is 6.92 Å². The highest BCUT2D eigenvalue weighted by Gasteiger charge is 2.32. The molecule has 1 aromatic carbocycles. The molecule has 0 spiro atoms. The molecule has 5 heteroatoms. The number of rotatable bonds is 2. The van der Waals surface area contributed by atoms with Crippen LogP contribution in [0.2, 0.25) is 0 Å². The van der Waals surface area contributed by atoms with E-state index in [0.29, 0.717) is 5.56 Å². The summed E-state index contributed by atoms with van der Waals surface area (Å²) in [6.45, 7) is 1.52. The molecule has 82 valence electrons. The quantitative estimate of drug-likeness (QED) is 0.604. The third-order valence-electron chi connectivity index (χ3n) is 1.75. The summed E-state index contributed by atoms with van der Waals surface area (Å²) in [6, 6.07) is 8.53. The Hall–Kier alpha value is -0.440. The van der Waals surface area contributed by atoms with Crippen molar-refractivity contribution >= 4 is 40.8 Å². The predicted octanol–water partition coefficient (Wildman–Crippen LogP) is 3.60. The first-order chi connectivity index (χ1) is 6.91. The van der Waals surface area contributed by atoms with E-state index in [1.807, 2.05) is 0 Å². The molecule has 1 rings (SSSR count). The fourth-order valence-electron chi connectivity index (χ4n) is 0.870. The third kappa shape index (κ3) is 3.90. The van der Waals surface area contributed by atoms with E-state index < -0.39 is 15.9 Å². The summed E-state index contributed by atoms with van der Waals surface area (Å²) in [4.78, 5) is 11.5. The molecule has 0 unspecified atom stereocenters. The minimum Gasteiger partial charge on any atom is -0.455 e. The maximum Gasteiger partial charge on any atom is 0.338 e. The fourth-order valence-corrected chi connectivity index (χ4v) is 1.00. The van der Waals surface area contributed by atoms with Gasteiger partial charge < -0.3 is 4.74 Å². The number of benzene rings is 1. The molecule has 0 aliphatic rings. The fraction of sp³-hybridized carbons (Fsp3) is 0.300. The molecule has 2 nitrogen and oxygen atoms in total. The lowest BCUT2D eigenvalue weighted by Gasteiger charge is -2.20. The molecule has 0 fully saturated rings. The van der Waals surface area contributed by atoms with Crippen LogP contribution >= 0.6 is 34.8 Å². The van der Waals surface area contributed by atoms with Crippen molar-refractivity contribution in [1.82, 2.24) is 0 Å². The molecule has 0 heterocycles. The Morgan fingerprint density at radius 1 is 1.27 bits per heavy atom. The van der Waals surface area contributed by atoms with Gasteiger partial charge in [-0.3, -0.25) is 0 Å². The number of hydrogen-bond donors (Lipinski definition) is 0. The molecule has 0 aromatic heterocycles. The SMILES string of the molecule is C[C@H](OC(=O)c1ccccc1)C(Cl)(Cl)Cl. The van der Waals surface area contributed by atoms with Crippen molar-refractivity contribution < 1.29 is 9.53 Å². The first-order valence-corrected chi connectivity index (χ1v) is 5.37. The zero-order valence-corrected chi connectivity index (χ0v) is 10.2. The van der Waals surface area contributed by atoms with Crippen molar-refractivity contribution in [3.8, 4) is 0 Å². The van der Waals surface area contributed by atoms with E-state index in [2.05, 4.69) is 0 Å². The summed E-state index contributed by atoms with van der Waals surface area (Å²) >= 11 is 16.7. The van der Waals surface area contributed by atoms with Crippen LogP contribution in [0.25, 0.3) is 0 Å². The molecule has 0 radical (unpaired) electrons. The molecular weight excluding hydrogens is 258 g/mol. The zero-order chi connectivity index (χ0) is 11.5. The minimum absolute atomic E-state index is 0.429. The van der Waals surface area contributed by atoms with Gasteiger partial charge in [0.2, 0.25) is 3.79 Å². The summed E-state index contributed by atoms with van der Waals surface area (Å²) in [7, 11) is 0. The summed E-state index contributed by atoms with van der Waals surface area (Å²) in [5, 5.41) is 0. The van der Waals surface area contributed by atoms with Crippen LogP contribution in [0.15, 0.2) is 30.3 Å².